The molecule has 0 amide bonds. The van der Waals surface area contributed by atoms with Crippen molar-refractivity contribution in [1.82, 2.24) is 0 Å². The van der Waals surface area contributed by atoms with E-state index in [-0.39, 0.29) is 18.4 Å². The highest BCUT2D eigenvalue weighted by atomic mass is 35.5. The van der Waals surface area contributed by atoms with E-state index >= 15 is 0 Å². The highest BCUT2D eigenvalue weighted by Gasteiger charge is 2.18. The zero-order valence-corrected chi connectivity index (χ0v) is 11.4. The second-order valence-corrected chi connectivity index (χ2v) is 4.36. The lowest BCUT2D eigenvalue weighted by atomic mass is 9.86. The van der Waals surface area contributed by atoms with Gasteiger partial charge < -0.3 is 5.73 Å². The Morgan fingerprint density at radius 3 is 1.72 bits per heavy atom. The van der Waals surface area contributed by atoms with Crippen LogP contribution in [0.5, 0.6) is 0 Å². The van der Waals surface area contributed by atoms with Crippen LogP contribution in [0, 0.1) is 0 Å². The average molecular weight is 262 g/mol. The summed E-state index contributed by atoms with van der Waals surface area (Å²) in [6.45, 7) is 2.19. The summed E-state index contributed by atoms with van der Waals surface area (Å²) in [6, 6.07) is 20.9. The maximum atomic E-state index is 6.38. The highest BCUT2D eigenvalue weighted by Crippen LogP contribution is 2.31. The highest BCUT2D eigenvalue weighted by molar-refractivity contribution is 5.85. The van der Waals surface area contributed by atoms with Crippen LogP contribution < -0.4 is 5.73 Å². The first-order chi connectivity index (χ1) is 8.33. The van der Waals surface area contributed by atoms with E-state index < -0.39 is 0 Å². The van der Waals surface area contributed by atoms with Gasteiger partial charge in [0.25, 0.3) is 0 Å². The maximum Gasteiger partial charge on any atom is 0.0364 e. The van der Waals surface area contributed by atoms with Crippen LogP contribution in [0.1, 0.15) is 36.4 Å². The molecule has 2 atom stereocenters. The van der Waals surface area contributed by atoms with E-state index in [9.17, 15) is 0 Å². The Morgan fingerprint density at radius 2 is 1.28 bits per heavy atom. The molecule has 2 unspecified atom stereocenters. The fourth-order valence-corrected chi connectivity index (χ4v) is 2.30. The molecule has 0 saturated heterocycles. The van der Waals surface area contributed by atoms with Gasteiger partial charge in [0.2, 0.25) is 0 Å². The fraction of sp³-hybridized carbons (Fsp3) is 0.250. The van der Waals surface area contributed by atoms with Crippen LogP contribution in [0.15, 0.2) is 60.7 Å². The van der Waals surface area contributed by atoms with Gasteiger partial charge in [-0.1, -0.05) is 67.6 Å². The minimum absolute atomic E-state index is 0. The number of halogens is 1. The largest absolute Gasteiger partial charge is 0.323 e. The molecule has 0 spiro atoms. The lowest BCUT2D eigenvalue weighted by molar-refractivity contribution is 0.539. The van der Waals surface area contributed by atoms with Crippen LogP contribution in [0.25, 0.3) is 0 Å². The monoisotopic (exact) mass is 261 g/mol. The first kappa shape index (κ1) is 14.7. The SMILES string of the molecule is CCC(c1ccccc1)C(N)c1ccccc1.Cl. The Hall–Kier alpha value is -1.31. The molecule has 2 heteroatoms. The van der Waals surface area contributed by atoms with Crippen molar-refractivity contribution >= 4 is 12.4 Å². The van der Waals surface area contributed by atoms with Crippen molar-refractivity contribution in [2.45, 2.75) is 25.3 Å². The summed E-state index contributed by atoms with van der Waals surface area (Å²) in [5.74, 6) is 0.388. The Labute approximate surface area is 115 Å². The molecule has 2 aromatic carbocycles. The van der Waals surface area contributed by atoms with Crippen molar-refractivity contribution < 1.29 is 0 Å². The quantitative estimate of drug-likeness (QED) is 0.872. The van der Waals surface area contributed by atoms with Gasteiger partial charge in [0.05, 0.1) is 0 Å². The van der Waals surface area contributed by atoms with E-state index in [4.69, 9.17) is 5.73 Å². The van der Waals surface area contributed by atoms with Crippen LogP contribution in [0.3, 0.4) is 0 Å². The molecule has 0 radical (unpaired) electrons. The van der Waals surface area contributed by atoms with E-state index in [1.807, 2.05) is 24.3 Å². The van der Waals surface area contributed by atoms with Crippen molar-refractivity contribution in [3.63, 3.8) is 0 Å². The molecule has 0 saturated carbocycles. The summed E-state index contributed by atoms with van der Waals surface area (Å²) in [5.41, 5.74) is 8.92. The van der Waals surface area contributed by atoms with Gasteiger partial charge in [0.15, 0.2) is 0 Å². The Balaban J connectivity index is 0.00000162. The van der Waals surface area contributed by atoms with Gasteiger partial charge in [0, 0.05) is 12.0 Å². The lowest BCUT2D eigenvalue weighted by Crippen LogP contribution is -2.19. The van der Waals surface area contributed by atoms with Gasteiger partial charge in [-0.25, -0.2) is 0 Å². The summed E-state index contributed by atoms with van der Waals surface area (Å²) in [6.07, 6.45) is 1.06. The number of nitrogens with two attached hydrogens (primary N) is 1. The van der Waals surface area contributed by atoms with Gasteiger partial charge in [-0.05, 0) is 17.5 Å². The smallest absolute Gasteiger partial charge is 0.0364 e. The minimum Gasteiger partial charge on any atom is -0.323 e. The normalized spacial score (nSPS) is 13.4. The van der Waals surface area contributed by atoms with Crippen LogP contribution in [-0.2, 0) is 0 Å². The fourth-order valence-electron chi connectivity index (χ4n) is 2.30. The zero-order chi connectivity index (χ0) is 12.1. The van der Waals surface area contributed by atoms with Crippen LogP contribution in [0.4, 0.5) is 0 Å². The van der Waals surface area contributed by atoms with Crippen molar-refractivity contribution in [1.29, 1.82) is 0 Å². The molecular formula is C16H20ClN. The molecule has 0 aliphatic rings. The van der Waals surface area contributed by atoms with Crippen molar-refractivity contribution in [3.8, 4) is 0 Å². The maximum absolute atomic E-state index is 6.38. The number of benzene rings is 2. The molecule has 0 aliphatic carbocycles. The van der Waals surface area contributed by atoms with Crippen LogP contribution in [-0.4, -0.2) is 0 Å². The number of hydrogen-bond donors (Lipinski definition) is 1. The summed E-state index contributed by atoms with van der Waals surface area (Å²) in [7, 11) is 0. The Kier molecular flexibility index (Phi) is 5.90. The first-order valence-electron chi connectivity index (χ1n) is 6.18. The predicted molar refractivity (Wildman–Crippen MR) is 80.1 cm³/mol. The topological polar surface area (TPSA) is 26.0 Å². The molecule has 0 heterocycles. The van der Waals surface area contributed by atoms with E-state index in [1.54, 1.807) is 0 Å². The molecule has 1 nitrogen and oxygen atoms in total. The predicted octanol–water partition coefficient (Wildman–Crippen LogP) is 4.30. The third-order valence-electron chi connectivity index (χ3n) is 3.29. The first-order valence-corrected chi connectivity index (χ1v) is 6.18. The number of rotatable bonds is 4. The molecule has 96 valence electrons. The van der Waals surface area contributed by atoms with E-state index in [0.29, 0.717) is 5.92 Å². The number of hydrogen-bond acceptors (Lipinski definition) is 1. The average Bonchev–Trinajstić information content (AvgIpc) is 2.42. The van der Waals surface area contributed by atoms with Crippen molar-refractivity contribution in [3.05, 3.63) is 71.8 Å². The molecule has 2 N–H and O–H groups in total. The molecule has 0 fully saturated rings. The van der Waals surface area contributed by atoms with Gasteiger partial charge in [-0.2, -0.15) is 0 Å². The second-order valence-electron chi connectivity index (χ2n) is 4.36. The van der Waals surface area contributed by atoms with Gasteiger partial charge in [-0.3, -0.25) is 0 Å². The molecule has 18 heavy (non-hydrogen) atoms. The minimum atomic E-state index is 0. The van der Waals surface area contributed by atoms with Crippen LogP contribution in [0.2, 0.25) is 0 Å². The summed E-state index contributed by atoms with van der Waals surface area (Å²) >= 11 is 0. The molecule has 2 rings (SSSR count). The zero-order valence-electron chi connectivity index (χ0n) is 10.6. The van der Waals surface area contributed by atoms with E-state index in [0.717, 1.165) is 6.42 Å². The molecule has 0 aromatic heterocycles. The van der Waals surface area contributed by atoms with Crippen molar-refractivity contribution in [2.24, 2.45) is 5.73 Å². The van der Waals surface area contributed by atoms with E-state index in [2.05, 4.69) is 43.3 Å². The lowest BCUT2D eigenvalue weighted by Gasteiger charge is -2.23. The summed E-state index contributed by atoms with van der Waals surface area (Å²) in [4.78, 5) is 0. The molecular weight excluding hydrogens is 242 g/mol. The third kappa shape index (κ3) is 3.34. The third-order valence-corrected chi connectivity index (χ3v) is 3.29. The van der Waals surface area contributed by atoms with E-state index in [1.165, 1.54) is 11.1 Å². The second kappa shape index (κ2) is 7.20. The van der Waals surface area contributed by atoms with Gasteiger partial charge >= 0.3 is 0 Å². The van der Waals surface area contributed by atoms with Crippen LogP contribution >= 0.6 is 12.4 Å². The summed E-state index contributed by atoms with van der Waals surface area (Å²) in [5, 5.41) is 0. The Bertz CT molecular complexity index is 441. The standard InChI is InChI=1S/C16H19N.ClH/c1-2-15(13-9-5-3-6-10-13)16(17)14-11-7-4-8-12-14;/h3-12,15-16H,2,17H2,1H3;1H. The van der Waals surface area contributed by atoms with Gasteiger partial charge in [0.1, 0.15) is 0 Å². The summed E-state index contributed by atoms with van der Waals surface area (Å²) < 4.78 is 0. The van der Waals surface area contributed by atoms with Crippen molar-refractivity contribution in [2.75, 3.05) is 0 Å². The van der Waals surface area contributed by atoms with Gasteiger partial charge in [-0.15, -0.1) is 12.4 Å². The molecule has 0 aliphatic heterocycles. The Morgan fingerprint density at radius 1 is 0.833 bits per heavy atom. The molecule has 0 bridgehead atoms. The molecule has 2 aromatic rings.